The number of hydrogen-bond acceptors (Lipinski definition) is 5. The molecule has 6 heteroatoms. The molecule has 0 aromatic carbocycles. The van der Waals surface area contributed by atoms with Crippen LogP contribution in [-0.2, 0) is 0 Å². The topological polar surface area (TPSA) is 80.9 Å². The summed E-state index contributed by atoms with van der Waals surface area (Å²) in [6, 6.07) is 3.57. The Morgan fingerprint density at radius 1 is 1.50 bits per heavy atom. The van der Waals surface area contributed by atoms with Crippen LogP contribution in [0.5, 0.6) is 0 Å². The van der Waals surface area contributed by atoms with Gasteiger partial charge in [-0.25, -0.2) is 9.97 Å². The van der Waals surface area contributed by atoms with Gasteiger partial charge in [0.15, 0.2) is 0 Å². The lowest BCUT2D eigenvalue weighted by Gasteiger charge is -2.02. The van der Waals surface area contributed by atoms with Crippen LogP contribution >= 0.6 is 11.3 Å². The molecule has 0 saturated heterocycles. The molecule has 0 fully saturated rings. The fourth-order valence-electron chi connectivity index (χ4n) is 1.33. The molecular weight excluding hydrogens is 224 g/mol. The SMILES string of the molecule is CNc1nccc(-c2ccsc2C(N)=O)n1. The number of nitrogens with one attached hydrogen (secondary N) is 1. The van der Waals surface area contributed by atoms with Gasteiger partial charge in [-0.2, -0.15) is 0 Å². The Labute approximate surface area is 96.3 Å². The first-order chi connectivity index (χ1) is 7.72. The minimum atomic E-state index is -0.436. The third-order valence-electron chi connectivity index (χ3n) is 2.04. The molecule has 2 rings (SSSR count). The van der Waals surface area contributed by atoms with Crippen LogP contribution in [0.1, 0.15) is 9.67 Å². The van der Waals surface area contributed by atoms with Crippen LogP contribution in [0.3, 0.4) is 0 Å². The molecule has 2 heterocycles. The standard InChI is InChI=1S/C10H10N4OS/c1-12-10-13-4-2-7(14-10)6-3-5-16-8(6)9(11)15/h2-5H,1H3,(H2,11,15)(H,12,13,14). The summed E-state index contributed by atoms with van der Waals surface area (Å²) in [5.74, 6) is 0.0775. The normalized spacial score (nSPS) is 10.1. The maximum absolute atomic E-state index is 11.2. The van der Waals surface area contributed by atoms with Gasteiger partial charge in [-0.05, 0) is 17.5 Å². The molecule has 0 aliphatic heterocycles. The Bertz CT molecular complexity index is 523. The van der Waals surface area contributed by atoms with Crippen LogP contribution in [0.25, 0.3) is 11.3 Å². The van der Waals surface area contributed by atoms with E-state index in [1.807, 2.05) is 11.4 Å². The second-order valence-corrected chi connectivity index (χ2v) is 3.96. The number of nitrogens with zero attached hydrogens (tertiary/aromatic N) is 2. The summed E-state index contributed by atoms with van der Waals surface area (Å²) >= 11 is 1.31. The molecule has 2 aromatic heterocycles. The van der Waals surface area contributed by atoms with Crippen LogP contribution in [0, 0.1) is 0 Å². The minimum Gasteiger partial charge on any atom is -0.365 e. The van der Waals surface area contributed by atoms with E-state index < -0.39 is 5.91 Å². The summed E-state index contributed by atoms with van der Waals surface area (Å²) < 4.78 is 0. The minimum absolute atomic E-state index is 0.436. The number of carbonyl (C=O) groups excluding carboxylic acids is 1. The van der Waals surface area contributed by atoms with Gasteiger partial charge in [-0.15, -0.1) is 11.3 Å². The van der Waals surface area contributed by atoms with Crippen molar-refractivity contribution in [2.45, 2.75) is 0 Å². The van der Waals surface area contributed by atoms with Crippen LogP contribution in [0.15, 0.2) is 23.7 Å². The molecule has 2 aromatic rings. The first-order valence-electron chi connectivity index (χ1n) is 4.61. The van der Waals surface area contributed by atoms with Crippen molar-refractivity contribution in [2.75, 3.05) is 12.4 Å². The quantitative estimate of drug-likeness (QED) is 0.839. The van der Waals surface area contributed by atoms with Crippen molar-refractivity contribution in [3.8, 4) is 11.3 Å². The zero-order valence-corrected chi connectivity index (χ0v) is 9.41. The Morgan fingerprint density at radius 3 is 3.00 bits per heavy atom. The molecular formula is C10H10N4OS. The van der Waals surface area contributed by atoms with E-state index in [1.54, 1.807) is 19.3 Å². The van der Waals surface area contributed by atoms with E-state index in [0.717, 1.165) is 5.56 Å². The van der Waals surface area contributed by atoms with Crippen molar-refractivity contribution in [1.29, 1.82) is 0 Å². The van der Waals surface area contributed by atoms with Gasteiger partial charge >= 0.3 is 0 Å². The van der Waals surface area contributed by atoms with E-state index in [-0.39, 0.29) is 0 Å². The molecule has 16 heavy (non-hydrogen) atoms. The molecule has 0 unspecified atom stereocenters. The van der Waals surface area contributed by atoms with E-state index in [2.05, 4.69) is 15.3 Å². The second-order valence-electron chi connectivity index (χ2n) is 3.04. The van der Waals surface area contributed by atoms with Gasteiger partial charge in [0.25, 0.3) is 5.91 Å². The fraction of sp³-hybridized carbons (Fsp3) is 0.100. The van der Waals surface area contributed by atoms with Gasteiger partial charge < -0.3 is 11.1 Å². The van der Waals surface area contributed by atoms with Gasteiger partial charge in [0.1, 0.15) is 4.88 Å². The Balaban J connectivity index is 2.50. The zero-order chi connectivity index (χ0) is 11.5. The molecule has 0 radical (unpaired) electrons. The van der Waals surface area contributed by atoms with E-state index in [4.69, 9.17) is 5.73 Å². The fourth-order valence-corrected chi connectivity index (χ4v) is 2.09. The van der Waals surface area contributed by atoms with E-state index in [1.165, 1.54) is 11.3 Å². The molecule has 0 spiro atoms. The molecule has 0 atom stereocenters. The average Bonchev–Trinajstić information content (AvgIpc) is 2.78. The van der Waals surface area contributed by atoms with Crippen molar-refractivity contribution >= 4 is 23.2 Å². The number of aromatic nitrogens is 2. The number of rotatable bonds is 3. The van der Waals surface area contributed by atoms with E-state index in [9.17, 15) is 4.79 Å². The van der Waals surface area contributed by atoms with Crippen LogP contribution in [-0.4, -0.2) is 22.9 Å². The number of anilines is 1. The molecule has 5 nitrogen and oxygen atoms in total. The summed E-state index contributed by atoms with van der Waals surface area (Å²) in [4.78, 5) is 20.0. The summed E-state index contributed by atoms with van der Waals surface area (Å²) in [5.41, 5.74) is 6.72. The number of primary amides is 1. The van der Waals surface area contributed by atoms with Crippen molar-refractivity contribution in [3.63, 3.8) is 0 Å². The number of thiophene rings is 1. The van der Waals surface area contributed by atoms with Gasteiger partial charge in [0.2, 0.25) is 5.95 Å². The maximum atomic E-state index is 11.2. The number of amides is 1. The second kappa shape index (κ2) is 4.28. The Morgan fingerprint density at radius 2 is 2.31 bits per heavy atom. The number of carbonyl (C=O) groups is 1. The van der Waals surface area contributed by atoms with Crippen LogP contribution in [0.4, 0.5) is 5.95 Å². The third-order valence-corrected chi connectivity index (χ3v) is 2.97. The van der Waals surface area contributed by atoms with Crippen LogP contribution < -0.4 is 11.1 Å². The number of hydrogen-bond donors (Lipinski definition) is 2. The lowest BCUT2D eigenvalue weighted by Crippen LogP contribution is -2.10. The van der Waals surface area contributed by atoms with Gasteiger partial charge in [0.05, 0.1) is 5.69 Å². The lowest BCUT2D eigenvalue weighted by molar-refractivity contribution is 0.100. The first kappa shape index (κ1) is 10.6. The summed E-state index contributed by atoms with van der Waals surface area (Å²) in [5, 5.41) is 4.66. The average molecular weight is 234 g/mol. The van der Waals surface area contributed by atoms with Crippen molar-refractivity contribution in [3.05, 3.63) is 28.6 Å². The molecule has 0 saturated carbocycles. The molecule has 3 N–H and O–H groups in total. The Hall–Kier alpha value is -1.95. The highest BCUT2D eigenvalue weighted by molar-refractivity contribution is 7.12. The number of nitrogens with two attached hydrogens (primary N) is 1. The van der Waals surface area contributed by atoms with Gasteiger partial charge in [-0.3, -0.25) is 4.79 Å². The highest BCUT2D eigenvalue weighted by Crippen LogP contribution is 2.26. The van der Waals surface area contributed by atoms with E-state index in [0.29, 0.717) is 16.5 Å². The summed E-state index contributed by atoms with van der Waals surface area (Å²) in [7, 11) is 1.74. The maximum Gasteiger partial charge on any atom is 0.259 e. The molecule has 0 bridgehead atoms. The zero-order valence-electron chi connectivity index (χ0n) is 8.60. The lowest BCUT2D eigenvalue weighted by atomic mass is 10.2. The molecule has 0 aliphatic carbocycles. The van der Waals surface area contributed by atoms with Gasteiger partial charge in [0, 0.05) is 18.8 Å². The molecule has 82 valence electrons. The summed E-state index contributed by atoms with van der Waals surface area (Å²) in [6.07, 6.45) is 1.64. The third kappa shape index (κ3) is 1.87. The Kier molecular flexibility index (Phi) is 2.82. The predicted molar refractivity (Wildman–Crippen MR) is 63.4 cm³/mol. The molecule has 1 amide bonds. The van der Waals surface area contributed by atoms with E-state index >= 15 is 0 Å². The van der Waals surface area contributed by atoms with Crippen LogP contribution in [0.2, 0.25) is 0 Å². The highest BCUT2D eigenvalue weighted by Gasteiger charge is 2.12. The molecule has 0 aliphatic rings. The highest BCUT2D eigenvalue weighted by atomic mass is 32.1. The first-order valence-corrected chi connectivity index (χ1v) is 5.49. The van der Waals surface area contributed by atoms with Crippen molar-refractivity contribution < 1.29 is 4.79 Å². The smallest absolute Gasteiger partial charge is 0.259 e. The summed E-state index contributed by atoms with van der Waals surface area (Å²) in [6.45, 7) is 0. The predicted octanol–water partition coefficient (Wildman–Crippen LogP) is 1.35. The van der Waals surface area contributed by atoms with Crippen molar-refractivity contribution in [1.82, 2.24) is 9.97 Å². The van der Waals surface area contributed by atoms with Gasteiger partial charge in [-0.1, -0.05) is 0 Å². The monoisotopic (exact) mass is 234 g/mol. The largest absolute Gasteiger partial charge is 0.365 e. The van der Waals surface area contributed by atoms with Crippen molar-refractivity contribution in [2.24, 2.45) is 5.73 Å².